The molecule has 1 N–H and O–H groups in total. The van der Waals surface area contributed by atoms with E-state index in [9.17, 15) is 4.48 Å². The van der Waals surface area contributed by atoms with Crippen LogP contribution >= 0.6 is 0 Å². The highest BCUT2D eigenvalue weighted by Gasteiger charge is 2.08. The van der Waals surface area contributed by atoms with E-state index in [4.69, 9.17) is 10.9 Å². The third-order valence-corrected chi connectivity index (χ3v) is 2.62. The molecule has 88 valence electrons. The first-order valence-electron chi connectivity index (χ1n) is 5.39. The van der Waals surface area contributed by atoms with Gasteiger partial charge in [-0.2, -0.15) is 0 Å². The number of halogens is 1. The lowest BCUT2D eigenvalue weighted by atomic mass is 10.0. The fourth-order valence-electron chi connectivity index (χ4n) is 1.66. The van der Waals surface area contributed by atoms with Crippen LogP contribution in [0.15, 0.2) is 48.5 Å². The molecule has 18 heavy (non-hydrogen) atoms. The second kappa shape index (κ2) is 5.15. The maximum Gasteiger partial charge on any atom is 0.385 e. The molecule has 0 aliphatic rings. The Labute approximate surface area is 103 Å². The molecule has 0 atom stereocenters. The number of hydrogen-bond donors (Lipinski definition) is 1. The Morgan fingerprint density at radius 3 is 1.94 bits per heavy atom. The van der Waals surface area contributed by atoms with Crippen molar-refractivity contribution in [3.05, 3.63) is 64.6 Å². The van der Waals surface area contributed by atoms with Crippen molar-refractivity contribution in [3.8, 4) is 0 Å². The molecule has 0 bridgehead atoms. The highest BCUT2D eigenvalue weighted by Crippen LogP contribution is 2.18. The van der Waals surface area contributed by atoms with E-state index in [1.165, 1.54) is 0 Å². The molecule has 2 aromatic rings. The predicted octanol–water partition coefficient (Wildman–Crippen LogP) is 4.32. The highest BCUT2D eigenvalue weighted by atomic mass is 19.2. The van der Waals surface area contributed by atoms with E-state index in [1.807, 2.05) is 12.1 Å². The van der Waals surface area contributed by atoms with E-state index < -0.39 is 0 Å². The third kappa shape index (κ3) is 2.74. The van der Waals surface area contributed by atoms with Gasteiger partial charge in [-0.25, -0.2) is 0 Å². The molecule has 0 aromatic heterocycles. The van der Waals surface area contributed by atoms with Crippen LogP contribution in [-0.2, 0) is 6.42 Å². The van der Waals surface area contributed by atoms with Gasteiger partial charge in [0.15, 0.2) is 4.98 Å². The quantitative estimate of drug-likeness (QED) is 0.486. The van der Waals surface area contributed by atoms with Crippen molar-refractivity contribution in [2.24, 2.45) is 0 Å². The van der Waals surface area contributed by atoms with Crippen LogP contribution in [0, 0.1) is 10.9 Å². The Morgan fingerprint density at radius 1 is 1.00 bits per heavy atom. The Bertz CT molecular complexity index is 596. The Hall–Kier alpha value is -2.61. The van der Waals surface area contributed by atoms with E-state index in [0.29, 0.717) is 12.1 Å². The number of nitrogens with one attached hydrogen (secondary N) is 1. The van der Waals surface area contributed by atoms with Gasteiger partial charge in [-0.05, 0) is 23.1 Å². The molecular weight excluding hydrogens is 231 g/mol. The van der Waals surface area contributed by atoms with Crippen LogP contribution < -0.4 is 0 Å². The second-order valence-corrected chi connectivity index (χ2v) is 3.89. The lowest BCUT2D eigenvalue weighted by Gasteiger charge is -1.99. The Balaban J connectivity index is 2.13. The lowest BCUT2D eigenvalue weighted by molar-refractivity contribution is -0.715. The van der Waals surface area contributed by atoms with Gasteiger partial charge in [0.2, 0.25) is 5.39 Å². The number of nitrogens with zero attached hydrogens (tertiary/aromatic N) is 3. The van der Waals surface area contributed by atoms with Gasteiger partial charge < -0.3 is 0 Å². The van der Waals surface area contributed by atoms with Crippen LogP contribution in [0.1, 0.15) is 11.1 Å². The van der Waals surface area contributed by atoms with Crippen molar-refractivity contribution in [1.82, 2.24) is 0 Å². The predicted molar refractivity (Wildman–Crippen MR) is 64.2 cm³/mol. The van der Waals surface area contributed by atoms with Gasteiger partial charge in [0.25, 0.3) is 5.69 Å². The smallest absolute Gasteiger partial charge is 0.0518 e. The molecule has 0 aliphatic carbocycles. The molecule has 0 saturated carbocycles. The van der Waals surface area contributed by atoms with Crippen LogP contribution in [-0.4, -0.2) is 4.92 Å². The molecule has 5 heteroatoms. The first-order valence-corrected chi connectivity index (χ1v) is 5.39. The summed E-state index contributed by atoms with van der Waals surface area (Å²) >= 11 is 0. The van der Waals surface area contributed by atoms with Crippen molar-refractivity contribution in [2.75, 3.05) is 0 Å². The Kier molecular flexibility index (Phi) is 3.39. The largest absolute Gasteiger partial charge is 0.385 e. The molecule has 0 spiro atoms. The second-order valence-electron chi connectivity index (χ2n) is 3.89. The average molecular weight is 242 g/mol. The number of rotatable bonds is 3. The summed E-state index contributed by atoms with van der Waals surface area (Å²) in [6.45, 7) is 0. The van der Waals surface area contributed by atoms with E-state index in [0.717, 1.165) is 11.1 Å². The van der Waals surface area contributed by atoms with Crippen LogP contribution in [0.4, 0.5) is 15.9 Å². The Morgan fingerprint density at radius 2 is 1.50 bits per heavy atom. The summed E-state index contributed by atoms with van der Waals surface area (Å²) < 4.78 is 12.5. The molecule has 0 unspecified atom stereocenters. The van der Waals surface area contributed by atoms with Crippen LogP contribution in [0.5, 0.6) is 0 Å². The fraction of sp³-hybridized carbons (Fsp3) is 0.0769. The minimum absolute atomic E-state index is 0.165. The normalized spacial score (nSPS) is 9.78. The number of hydrogen-bond acceptors (Lipinski definition) is 2. The number of diazo groups is 1. The molecular formula is C13H11FN4+2. The van der Waals surface area contributed by atoms with Crippen molar-refractivity contribution < 1.29 is 9.40 Å². The molecule has 0 fully saturated rings. The first-order chi connectivity index (χ1) is 8.69. The van der Waals surface area contributed by atoms with E-state index in [1.54, 1.807) is 36.4 Å². The van der Waals surface area contributed by atoms with Crippen molar-refractivity contribution in [1.29, 1.82) is 10.9 Å². The molecule has 0 heterocycles. The molecule has 2 rings (SSSR count). The van der Waals surface area contributed by atoms with Gasteiger partial charge in [0, 0.05) is 24.3 Å². The average Bonchev–Trinajstić information content (AvgIpc) is 2.40. The van der Waals surface area contributed by atoms with Gasteiger partial charge >= 0.3 is 5.69 Å². The van der Waals surface area contributed by atoms with Crippen molar-refractivity contribution in [2.45, 2.75) is 6.42 Å². The molecule has 0 saturated heterocycles. The number of benzene rings is 2. The zero-order valence-electron chi connectivity index (χ0n) is 9.55. The lowest BCUT2D eigenvalue weighted by Crippen LogP contribution is -1.89. The van der Waals surface area contributed by atoms with Crippen molar-refractivity contribution in [3.63, 3.8) is 0 Å². The van der Waals surface area contributed by atoms with Crippen LogP contribution in [0.2, 0.25) is 0 Å². The summed E-state index contributed by atoms with van der Waals surface area (Å²) in [5, 5.41) is 8.57. The van der Waals surface area contributed by atoms with Gasteiger partial charge in [-0.15, -0.1) is 0 Å². The fourth-order valence-corrected chi connectivity index (χ4v) is 1.66. The standard InChI is InChI=1S/C13H11FN4/c14-18(16)13-7-3-11(4-8-13)9-10-1-5-12(17-15)6-2-10/h1-8,16H,9H2/q+2. The van der Waals surface area contributed by atoms with Gasteiger partial charge in [-0.3, -0.25) is 0 Å². The van der Waals surface area contributed by atoms with Gasteiger partial charge in [0.05, 0.1) is 0 Å². The minimum atomic E-state index is -0.165. The topological polar surface area (TPSA) is 55.0 Å². The maximum atomic E-state index is 12.5. The third-order valence-electron chi connectivity index (χ3n) is 2.62. The van der Waals surface area contributed by atoms with Gasteiger partial charge in [0.1, 0.15) is 9.40 Å². The van der Waals surface area contributed by atoms with E-state index in [-0.39, 0.29) is 10.6 Å². The zero-order valence-corrected chi connectivity index (χ0v) is 9.55. The molecule has 4 nitrogen and oxygen atoms in total. The summed E-state index contributed by atoms with van der Waals surface area (Å²) in [6, 6.07) is 13.8. The summed E-state index contributed by atoms with van der Waals surface area (Å²) in [7, 11) is 0. The van der Waals surface area contributed by atoms with Crippen molar-refractivity contribution >= 4 is 11.4 Å². The zero-order chi connectivity index (χ0) is 13.0. The maximum absolute atomic E-state index is 12.5. The minimum Gasteiger partial charge on any atom is -0.0518 e. The summed E-state index contributed by atoms with van der Waals surface area (Å²) in [4.78, 5) is 2.92. The highest BCUT2D eigenvalue weighted by molar-refractivity contribution is 5.45. The molecule has 0 radical (unpaired) electrons. The summed E-state index contributed by atoms with van der Waals surface area (Å²) in [6.07, 6.45) is 0.705. The van der Waals surface area contributed by atoms with Gasteiger partial charge in [-0.1, -0.05) is 24.3 Å². The first kappa shape index (κ1) is 11.9. The molecule has 2 aromatic carbocycles. The van der Waals surface area contributed by atoms with E-state index >= 15 is 0 Å². The monoisotopic (exact) mass is 242 g/mol. The van der Waals surface area contributed by atoms with Crippen LogP contribution in [0.25, 0.3) is 4.98 Å². The van der Waals surface area contributed by atoms with E-state index in [2.05, 4.69) is 4.98 Å². The summed E-state index contributed by atoms with van der Waals surface area (Å²) in [5.41, 5.74) is 9.59. The molecule has 0 amide bonds. The SMILES string of the molecule is N#[N+]c1ccc(Cc2ccc([N+](=N)F)cc2)cc1. The summed E-state index contributed by atoms with van der Waals surface area (Å²) in [5.74, 6) is 0. The molecule has 0 aliphatic heterocycles. The van der Waals surface area contributed by atoms with Crippen LogP contribution in [0.3, 0.4) is 0 Å².